The van der Waals surface area contributed by atoms with Gasteiger partial charge >= 0.3 is 0 Å². The van der Waals surface area contributed by atoms with Gasteiger partial charge in [0.1, 0.15) is 5.82 Å². The fourth-order valence-corrected chi connectivity index (χ4v) is 4.31. The fraction of sp³-hybridized carbons (Fsp3) is 0.562. The summed E-state index contributed by atoms with van der Waals surface area (Å²) < 4.78 is 13.5. The first-order valence-electron chi connectivity index (χ1n) is 7.46. The lowest BCUT2D eigenvalue weighted by Gasteiger charge is -2.32. The lowest BCUT2D eigenvalue weighted by Crippen LogP contribution is -2.45. The minimum Gasteiger partial charge on any atom is -0.359 e. The number of halogens is 1. The highest BCUT2D eigenvalue weighted by atomic mass is 32.2. The van der Waals surface area contributed by atoms with Gasteiger partial charge in [0, 0.05) is 17.8 Å². The second-order valence-corrected chi connectivity index (χ2v) is 6.75. The van der Waals surface area contributed by atoms with Crippen LogP contribution in [0.4, 0.5) is 4.39 Å². The van der Waals surface area contributed by atoms with Crippen molar-refractivity contribution in [1.82, 2.24) is 5.32 Å². The van der Waals surface area contributed by atoms with E-state index in [0.29, 0.717) is 18.5 Å². The predicted molar refractivity (Wildman–Crippen MR) is 83.8 cm³/mol. The lowest BCUT2D eigenvalue weighted by molar-refractivity contribution is 0.303. The maximum atomic E-state index is 13.5. The van der Waals surface area contributed by atoms with Gasteiger partial charge in [-0.15, -0.1) is 0 Å². The minimum absolute atomic E-state index is 0.122. The van der Waals surface area contributed by atoms with Crippen molar-refractivity contribution in [2.75, 3.05) is 12.3 Å². The van der Waals surface area contributed by atoms with Gasteiger partial charge in [-0.05, 0) is 30.9 Å². The molecule has 1 aliphatic carbocycles. The van der Waals surface area contributed by atoms with Crippen LogP contribution >= 0.6 is 11.8 Å². The number of nitrogens with zero attached hydrogens (tertiary/aromatic N) is 1. The van der Waals surface area contributed by atoms with E-state index < -0.39 is 0 Å². The molecule has 2 nitrogen and oxygen atoms in total. The number of amidine groups is 1. The number of rotatable bonds is 3. The van der Waals surface area contributed by atoms with E-state index >= 15 is 0 Å². The van der Waals surface area contributed by atoms with Crippen molar-refractivity contribution in [3.8, 4) is 0 Å². The summed E-state index contributed by atoms with van der Waals surface area (Å²) in [4.78, 5) is 4.61. The summed E-state index contributed by atoms with van der Waals surface area (Å²) in [7, 11) is 0. The third-order valence-electron chi connectivity index (χ3n) is 4.26. The Hall–Kier alpha value is -1.03. The summed E-state index contributed by atoms with van der Waals surface area (Å²) in [5, 5.41) is 4.68. The molecule has 1 aromatic rings. The first-order chi connectivity index (χ1) is 9.77. The monoisotopic (exact) mass is 292 g/mol. The summed E-state index contributed by atoms with van der Waals surface area (Å²) in [6.07, 6.45) is 7.24. The molecule has 0 aromatic heterocycles. The van der Waals surface area contributed by atoms with Crippen molar-refractivity contribution in [2.24, 2.45) is 4.99 Å². The molecule has 3 rings (SSSR count). The van der Waals surface area contributed by atoms with Gasteiger partial charge in [0.05, 0.1) is 0 Å². The van der Waals surface area contributed by atoms with E-state index in [2.05, 4.69) is 10.3 Å². The van der Waals surface area contributed by atoms with Gasteiger partial charge < -0.3 is 5.32 Å². The maximum absolute atomic E-state index is 13.5. The molecule has 2 fully saturated rings. The molecule has 4 heteroatoms. The summed E-state index contributed by atoms with van der Waals surface area (Å²) in [5.41, 5.74) is 1.06. The Labute approximate surface area is 124 Å². The summed E-state index contributed by atoms with van der Waals surface area (Å²) in [6, 6.07) is 6.96. The summed E-state index contributed by atoms with van der Waals surface area (Å²) in [5.74, 6) is 1.02. The largest absolute Gasteiger partial charge is 0.359 e. The van der Waals surface area contributed by atoms with Crippen LogP contribution in [0.25, 0.3) is 0 Å². The van der Waals surface area contributed by atoms with Crippen molar-refractivity contribution in [3.63, 3.8) is 0 Å². The first kappa shape index (κ1) is 13.9. The average Bonchev–Trinajstić information content (AvgIpc) is 2.85. The highest BCUT2D eigenvalue weighted by Gasteiger charge is 2.37. The first-order valence-corrected chi connectivity index (χ1v) is 8.45. The molecule has 1 N–H and O–H groups in total. The van der Waals surface area contributed by atoms with Gasteiger partial charge in [0.25, 0.3) is 0 Å². The quantitative estimate of drug-likeness (QED) is 0.917. The lowest BCUT2D eigenvalue weighted by atomic mass is 9.83. The zero-order valence-corrected chi connectivity index (χ0v) is 12.5. The van der Waals surface area contributed by atoms with E-state index in [-0.39, 0.29) is 5.82 Å². The van der Waals surface area contributed by atoms with Crippen LogP contribution in [0.15, 0.2) is 29.3 Å². The molecule has 20 heavy (non-hydrogen) atoms. The van der Waals surface area contributed by atoms with E-state index in [1.54, 1.807) is 6.07 Å². The van der Waals surface area contributed by atoms with Crippen LogP contribution in [-0.2, 0) is 6.42 Å². The molecule has 108 valence electrons. The molecule has 1 heterocycles. The van der Waals surface area contributed by atoms with E-state index in [0.717, 1.165) is 16.5 Å². The van der Waals surface area contributed by atoms with Crippen molar-refractivity contribution in [2.45, 2.75) is 44.1 Å². The van der Waals surface area contributed by atoms with Crippen molar-refractivity contribution >= 4 is 16.9 Å². The maximum Gasteiger partial charge on any atom is 0.157 e. The van der Waals surface area contributed by atoms with E-state index in [4.69, 9.17) is 0 Å². The number of nitrogens with one attached hydrogen (secondary N) is 1. The Morgan fingerprint density at radius 1 is 1.20 bits per heavy atom. The van der Waals surface area contributed by atoms with Crippen LogP contribution in [-0.4, -0.2) is 23.0 Å². The Balaban J connectivity index is 1.54. The van der Waals surface area contributed by atoms with E-state index in [1.807, 2.05) is 23.9 Å². The van der Waals surface area contributed by atoms with Gasteiger partial charge in [-0.3, -0.25) is 4.99 Å². The highest BCUT2D eigenvalue weighted by molar-refractivity contribution is 8.14. The second-order valence-electron chi connectivity index (χ2n) is 5.78. The average molecular weight is 292 g/mol. The number of hydrogen-bond acceptors (Lipinski definition) is 2. The second kappa shape index (κ2) is 6.17. The third kappa shape index (κ3) is 3.17. The molecule has 0 atom stereocenters. The number of hydrogen-bond donors (Lipinski definition) is 1. The number of thioether (sulfide) groups is 1. The van der Waals surface area contributed by atoms with Gasteiger partial charge in [-0.25, -0.2) is 4.39 Å². The molecule has 1 saturated heterocycles. The Kier molecular flexibility index (Phi) is 4.29. The smallest absolute Gasteiger partial charge is 0.157 e. The number of aliphatic imine (C=N–C) groups is 1. The van der Waals surface area contributed by atoms with Crippen LogP contribution in [0.3, 0.4) is 0 Å². The molecule has 0 amide bonds. The molecular formula is C16H21FN2S. The molecule has 1 saturated carbocycles. The van der Waals surface area contributed by atoms with Crippen LogP contribution in [0, 0.1) is 5.82 Å². The Bertz CT molecular complexity index is 495. The predicted octanol–water partition coefficient (Wildman–Crippen LogP) is 3.76. The van der Waals surface area contributed by atoms with Crippen molar-refractivity contribution in [3.05, 3.63) is 35.6 Å². The van der Waals surface area contributed by atoms with Crippen molar-refractivity contribution < 1.29 is 4.39 Å². The van der Waals surface area contributed by atoms with E-state index in [9.17, 15) is 4.39 Å². The molecule has 1 spiro atoms. The van der Waals surface area contributed by atoms with E-state index in [1.165, 1.54) is 38.2 Å². The van der Waals surface area contributed by atoms with Crippen molar-refractivity contribution in [1.29, 1.82) is 0 Å². The zero-order chi connectivity index (χ0) is 13.8. The normalized spacial score (nSPS) is 23.1. The molecule has 0 bridgehead atoms. The third-order valence-corrected chi connectivity index (χ3v) is 5.46. The zero-order valence-electron chi connectivity index (χ0n) is 11.7. The van der Waals surface area contributed by atoms with Crippen LogP contribution in [0.2, 0.25) is 0 Å². The van der Waals surface area contributed by atoms with Gasteiger partial charge in [-0.1, -0.05) is 49.2 Å². The minimum atomic E-state index is -0.122. The Morgan fingerprint density at radius 2 is 2.00 bits per heavy atom. The standard InChI is InChI=1S/C16H21FN2S/c17-14-7-3-2-6-13(14)8-11-18-15-19-16(12-20-15)9-4-1-5-10-16/h2-3,6-7H,1,4-5,8-12H2,(H,18,19). The van der Waals surface area contributed by atoms with Gasteiger partial charge in [0.2, 0.25) is 0 Å². The molecule has 1 aliphatic heterocycles. The Morgan fingerprint density at radius 3 is 2.80 bits per heavy atom. The van der Waals surface area contributed by atoms with Gasteiger partial charge in [-0.2, -0.15) is 0 Å². The number of benzene rings is 1. The van der Waals surface area contributed by atoms with Crippen LogP contribution in [0.1, 0.15) is 37.7 Å². The van der Waals surface area contributed by atoms with Gasteiger partial charge in [0.15, 0.2) is 5.17 Å². The highest BCUT2D eigenvalue weighted by Crippen LogP contribution is 2.36. The molecule has 0 unspecified atom stereocenters. The molecular weight excluding hydrogens is 271 g/mol. The molecule has 0 radical (unpaired) electrons. The van der Waals surface area contributed by atoms with Crippen LogP contribution < -0.4 is 5.32 Å². The summed E-state index contributed by atoms with van der Waals surface area (Å²) >= 11 is 1.83. The SMILES string of the molecule is Fc1ccccc1CCN=C1NC2(CCCCC2)CS1. The van der Waals surface area contributed by atoms with Crippen LogP contribution in [0.5, 0.6) is 0 Å². The fourth-order valence-electron chi connectivity index (χ4n) is 3.07. The molecule has 1 aromatic carbocycles. The molecule has 2 aliphatic rings. The topological polar surface area (TPSA) is 24.4 Å². The summed E-state index contributed by atoms with van der Waals surface area (Å²) in [6.45, 7) is 0.659.